The minimum absolute atomic E-state index is 0.0868. The molecule has 1 saturated carbocycles. The topological polar surface area (TPSA) is 72.9 Å². The van der Waals surface area contributed by atoms with Gasteiger partial charge in [-0.2, -0.15) is 17.4 Å². The van der Waals surface area contributed by atoms with Crippen LogP contribution in [0.5, 0.6) is 0 Å². The van der Waals surface area contributed by atoms with Gasteiger partial charge in [0.1, 0.15) is 0 Å². The highest BCUT2D eigenvalue weighted by molar-refractivity contribution is 7.87. The number of hydrogen-bond acceptors (Lipinski definition) is 4. The van der Waals surface area contributed by atoms with Gasteiger partial charge in [0.25, 0.3) is 10.2 Å². The Balaban J connectivity index is 1.72. The second-order valence-electron chi connectivity index (χ2n) is 7.02. The second kappa shape index (κ2) is 8.06. The van der Waals surface area contributed by atoms with Gasteiger partial charge in [-0.05, 0) is 26.2 Å². The molecule has 1 atom stereocenters. The average molecular weight is 333 g/mol. The summed E-state index contributed by atoms with van der Waals surface area (Å²) >= 11 is 0. The highest BCUT2D eigenvalue weighted by atomic mass is 32.2. The molecule has 0 bridgehead atoms. The molecule has 1 saturated heterocycles. The lowest BCUT2D eigenvalue weighted by Crippen LogP contribution is -2.54. The van der Waals surface area contributed by atoms with Crippen LogP contribution in [-0.2, 0) is 10.2 Å². The van der Waals surface area contributed by atoms with Crippen molar-refractivity contribution in [3.63, 3.8) is 0 Å². The van der Waals surface area contributed by atoms with Crippen molar-refractivity contribution in [3.05, 3.63) is 0 Å². The van der Waals surface area contributed by atoms with Crippen LogP contribution in [0.1, 0.15) is 46.0 Å². The number of nitrogens with one attached hydrogen (secondary N) is 1. The minimum Gasteiger partial charge on any atom is -0.392 e. The third-order valence-electron chi connectivity index (χ3n) is 4.60. The highest BCUT2D eigenvalue weighted by Gasteiger charge is 2.28. The SMILES string of the molecule is CC(C)NS(=O)(=O)N1CCN(CC(O)CC2CCCC2)CC1. The van der Waals surface area contributed by atoms with E-state index in [4.69, 9.17) is 0 Å². The molecule has 22 heavy (non-hydrogen) atoms. The molecular formula is C15H31N3O3S. The summed E-state index contributed by atoms with van der Waals surface area (Å²) in [5, 5.41) is 10.2. The highest BCUT2D eigenvalue weighted by Crippen LogP contribution is 2.28. The Bertz CT molecular complexity index is 427. The van der Waals surface area contributed by atoms with Crippen LogP contribution in [0.2, 0.25) is 0 Å². The van der Waals surface area contributed by atoms with E-state index in [1.807, 2.05) is 13.8 Å². The van der Waals surface area contributed by atoms with Crippen molar-refractivity contribution in [1.82, 2.24) is 13.9 Å². The molecule has 0 aromatic heterocycles. The molecule has 0 aromatic carbocycles. The molecule has 2 fully saturated rings. The molecule has 0 spiro atoms. The number of β-amino-alcohol motifs (C(OH)–C–C–N with tert-alkyl or cyclic N) is 1. The summed E-state index contributed by atoms with van der Waals surface area (Å²) in [6, 6.07) is -0.0868. The third-order valence-corrected chi connectivity index (χ3v) is 6.42. The molecule has 1 unspecified atom stereocenters. The van der Waals surface area contributed by atoms with Crippen molar-refractivity contribution >= 4 is 10.2 Å². The first-order valence-electron chi connectivity index (χ1n) is 8.54. The molecule has 0 radical (unpaired) electrons. The van der Waals surface area contributed by atoms with Gasteiger partial charge in [0.15, 0.2) is 0 Å². The molecule has 6 nitrogen and oxygen atoms in total. The van der Waals surface area contributed by atoms with Crippen LogP contribution in [0.3, 0.4) is 0 Å². The van der Waals surface area contributed by atoms with Crippen LogP contribution in [0, 0.1) is 5.92 Å². The molecule has 0 amide bonds. The van der Waals surface area contributed by atoms with Gasteiger partial charge in [-0.3, -0.25) is 4.90 Å². The van der Waals surface area contributed by atoms with Gasteiger partial charge in [0.2, 0.25) is 0 Å². The molecule has 1 aliphatic heterocycles. The summed E-state index contributed by atoms with van der Waals surface area (Å²) < 4.78 is 28.3. The van der Waals surface area contributed by atoms with E-state index in [1.165, 1.54) is 30.0 Å². The van der Waals surface area contributed by atoms with Crippen LogP contribution in [0.4, 0.5) is 0 Å². The summed E-state index contributed by atoms with van der Waals surface area (Å²) in [6.07, 6.45) is 5.73. The van der Waals surface area contributed by atoms with Crippen LogP contribution < -0.4 is 4.72 Å². The van der Waals surface area contributed by atoms with E-state index in [0.29, 0.717) is 38.6 Å². The van der Waals surface area contributed by atoms with E-state index in [9.17, 15) is 13.5 Å². The van der Waals surface area contributed by atoms with Crippen LogP contribution in [0.25, 0.3) is 0 Å². The van der Waals surface area contributed by atoms with E-state index in [0.717, 1.165) is 6.42 Å². The summed E-state index contributed by atoms with van der Waals surface area (Å²) in [5.74, 6) is 0.687. The van der Waals surface area contributed by atoms with E-state index < -0.39 is 10.2 Å². The van der Waals surface area contributed by atoms with Crippen molar-refractivity contribution in [1.29, 1.82) is 0 Å². The standard InChI is InChI=1S/C15H31N3O3S/c1-13(2)16-22(20,21)18-9-7-17(8-10-18)12-15(19)11-14-5-3-4-6-14/h13-16,19H,3-12H2,1-2H3. The number of aliphatic hydroxyl groups is 1. The molecule has 2 N–H and O–H groups in total. The fraction of sp³-hybridized carbons (Fsp3) is 1.00. The number of hydrogen-bond donors (Lipinski definition) is 2. The Hall–Kier alpha value is -0.210. The van der Waals surface area contributed by atoms with Gasteiger partial charge in [0, 0.05) is 38.8 Å². The van der Waals surface area contributed by atoms with Gasteiger partial charge < -0.3 is 5.11 Å². The molecular weight excluding hydrogens is 302 g/mol. The summed E-state index contributed by atoms with van der Waals surface area (Å²) in [6.45, 7) is 6.71. The molecule has 1 heterocycles. The molecule has 1 aliphatic carbocycles. The van der Waals surface area contributed by atoms with Crippen LogP contribution >= 0.6 is 0 Å². The van der Waals surface area contributed by atoms with E-state index in [1.54, 1.807) is 0 Å². The lowest BCUT2D eigenvalue weighted by Gasteiger charge is -2.35. The molecule has 0 aromatic rings. The van der Waals surface area contributed by atoms with Gasteiger partial charge in [0.05, 0.1) is 6.10 Å². The zero-order chi connectivity index (χ0) is 16.2. The molecule has 2 aliphatic rings. The van der Waals surface area contributed by atoms with Crippen molar-refractivity contribution in [2.75, 3.05) is 32.7 Å². The van der Waals surface area contributed by atoms with Gasteiger partial charge >= 0.3 is 0 Å². The maximum Gasteiger partial charge on any atom is 0.279 e. The van der Waals surface area contributed by atoms with Gasteiger partial charge in [-0.15, -0.1) is 0 Å². The van der Waals surface area contributed by atoms with E-state index in [-0.39, 0.29) is 12.1 Å². The maximum atomic E-state index is 12.1. The largest absolute Gasteiger partial charge is 0.392 e. The van der Waals surface area contributed by atoms with E-state index >= 15 is 0 Å². The minimum atomic E-state index is -3.36. The lowest BCUT2D eigenvalue weighted by atomic mass is 10.00. The van der Waals surface area contributed by atoms with Gasteiger partial charge in [-0.1, -0.05) is 25.7 Å². The molecule has 130 valence electrons. The smallest absolute Gasteiger partial charge is 0.279 e. The Kier molecular flexibility index (Phi) is 6.64. The Morgan fingerprint density at radius 1 is 1.14 bits per heavy atom. The fourth-order valence-corrected chi connectivity index (χ4v) is 4.92. The summed E-state index contributed by atoms with van der Waals surface area (Å²) in [7, 11) is -3.36. The quantitative estimate of drug-likeness (QED) is 0.722. The van der Waals surface area contributed by atoms with E-state index in [2.05, 4.69) is 9.62 Å². The third kappa shape index (κ3) is 5.45. The lowest BCUT2D eigenvalue weighted by molar-refractivity contribution is 0.0752. The first-order chi connectivity index (χ1) is 10.4. The van der Waals surface area contributed by atoms with Gasteiger partial charge in [-0.25, -0.2) is 0 Å². The summed E-state index contributed by atoms with van der Waals surface area (Å²) in [4.78, 5) is 2.18. The Labute approximate surface area is 135 Å². The first kappa shape index (κ1) is 18.1. The maximum absolute atomic E-state index is 12.1. The average Bonchev–Trinajstić information content (AvgIpc) is 2.90. The van der Waals surface area contributed by atoms with Crippen molar-refractivity contribution in [2.45, 2.75) is 58.1 Å². The predicted octanol–water partition coefficient (Wildman–Crippen LogP) is 0.788. The first-order valence-corrected chi connectivity index (χ1v) is 9.98. The molecule has 2 rings (SSSR count). The van der Waals surface area contributed by atoms with Crippen LogP contribution in [-0.4, -0.2) is 67.6 Å². The van der Waals surface area contributed by atoms with Crippen LogP contribution in [0.15, 0.2) is 0 Å². The Morgan fingerprint density at radius 3 is 2.27 bits per heavy atom. The fourth-order valence-electron chi connectivity index (χ4n) is 3.53. The predicted molar refractivity (Wildman–Crippen MR) is 87.8 cm³/mol. The number of nitrogens with zero attached hydrogens (tertiary/aromatic N) is 2. The number of rotatable bonds is 7. The number of aliphatic hydroxyl groups excluding tert-OH is 1. The normalized spacial score (nSPS) is 24.2. The van der Waals surface area contributed by atoms with Crippen molar-refractivity contribution < 1.29 is 13.5 Å². The zero-order valence-electron chi connectivity index (χ0n) is 13.9. The number of piperazine rings is 1. The van der Waals surface area contributed by atoms with Crippen molar-refractivity contribution in [2.24, 2.45) is 5.92 Å². The monoisotopic (exact) mass is 333 g/mol. The summed E-state index contributed by atoms with van der Waals surface area (Å²) in [5.41, 5.74) is 0. The van der Waals surface area contributed by atoms with Crippen molar-refractivity contribution in [3.8, 4) is 0 Å². The zero-order valence-corrected chi connectivity index (χ0v) is 14.7. The molecule has 7 heteroatoms. The Morgan fingerprint density at radius 2 is 1.73 bits per heavy atom. The second-order valence-corrected chi connectivity index (χ2v) is 8.72.